The molecule has 0 amide bonds. The molecular formula is C54H110MgO6. The SMILES string of the molecule is CCCCCCCCCCCCCCCCCC(=O)O.CCCCCCCCCCCCCCCCCC(=O)O.CCCCCCCCCCCCCCCCCC(=O)O.[H-].[H-].[Mg+2]. The van der Waals surface area contributed by atoms with Crippen molar-refractivity contribution >= 4 is 41.0 Å². The topological polar surface area (TPSA) is 112 Å². The second-order valence-electron chi connectivity index (χ2n) is 18.3. The van der Waals surface area contributed by atoms with Crippen LogP contribution < -0.4 is 0 Å². The predicted molar refractivity (Wildman–Crippen MR) is 270 cm³/mol. The van der Waals surface area contributed by atoms with Crippen molar-refractivity contribution in [3.05, 3.63) is 0 Å². The monoisotopic (exact) mass is 879 g/mol. The molecule has 6 nitrogen and oxygen atoms in total. The van der Waals surface area contributed by atoms with E-state index in [0.717, 1.165) is 38.5 Å². The van der Waals surface area contributed by atoms with Gasteiger partial charge in [0.1, 0.15) is 0 Å². The minimum atomic E-state index is -0.653. The Balaban J connectivity index is -0.000000189. The molecule has 0 saturated heterocycles. The average Bonchev–Trinajstić information content (AvgIpc) is 3.22. The fourth-order valence-corrected chi connectivity index (χ4v) is 7.94. The number of carboxylic acid groups (broad SMARTS) is 3. The molecule has 364 valence electrons. The van der Waals surface area contributed by atoms with Crippen molar-refractivity contribution in [2.45, 2.75) is 329 Å². The zero-order valence-corrected chi connectivity index (χ0v) is 43.1. The first-order chi connectivity index (χ1) is 29.3. The molecular weight excluding hydrogens is 769 g/mol. The van der Waals surface area contributed by atoms with Crippen LogP contribution in [0.3, 0.4) is 0 Å². The van der Waals surface area contributed by atoms with E-state index in [4.69, 9.17) is 15.3 Å². The number of carboxylic acids is 3. The van der Waals surface area contributed by atoms with Gasteiger partial charge in [-0.25, -0.2) is 0 Å². The van der Waals surface area contributed by atoms with Crippen LogP contribution in [0.25, 0.3) is 0 Å². The predicted octanol–water partition coefficient (Wildman–Crippen LogP) is 18.8. The summed E-state index contributed by atoms with van der Waals surface area (Å²) in [7, 11) is 0. The van der Waals surface area contributed by atoms with Crippen molar-refractivity contribution in [1.82, 2.24) is 0 Å². The molecule has 0 aliphatic heterocycles. The molecule has 0 aliphatic carbocycles. The van der Waals surface area contributed by atoms with Gasteiger partial charge in [0.25, 0.3) is 0 Å². The Hall–Kier alpha value is -0.824. The number of aliphatic carboxylic acids is 3. The van der Waals surface area contributed by atoms with Crippen LogP contribution >= 0.6 is 0 Å². The van der Waals surface area contributed by atoms with Gasteiger partial charge in [-0.15, -0.1) is 0 Å². The molecule has 0 heterocycles. The maximum atomic E-state index is 10.3. The fraction of sp³-hybridized carbons (Fsp3) is 0.944. The first-order valence-electron chi connectivity index (χ1n) is 27.0. The molecule has 0 aromatic heterocycles. The van der Waals surface area contributed by atoms with Gasteiger partial charge in [0.05, 0.1) is 0 Å². The van der Waals surface area contributed by atoms with Crippen molar-refractivity contribution in [2.24, 2.45) is 0 Å². The molecule has 0 saturated carbocycles. The van der Waals surface area contributed by atoms with Crippen molar-refractivity contribution in [3.63, 3.8) is 0 Å². The van der Waals surface area contributed by atoms with Crippen LogP contribution in [0, 0.1) is 0 Å². The molecule has 0 unspecified atom stereocenters. The number of unbranched alkanes of at least 4 members (excludes halogenated alkanes) is 42. The van der Waals surface area contributed by atoms with E-state index in [1.54, 1.807) is 0 Å². The molecule has 0 radical (unpaired) electrons. The average molecular weight is 880 g/mol. The van der Waals surface area contributed by atoms with E-state index in [9.17, 15) is 14.4 Å². The summed E-state index contributed by atoms with van der Waals surface area (Å²) < 4.78 is 0. The summed E-state index contributed by atoms with van der Waals surface area (Å²) in [4.78, 5) is 31.0. The quantitative estimate of drug-likeness (QED) is 0.0415. The van der Waals surface area contributed by atoms with Gasteiger partial charge >= 0.3 is 41.0 Å². The normalized spacial score (nSPS) is 10.7. The molecule has 0 aliphatic rings. The second-order valence-corrected chi connectivity index (χ2v) is 18.3. The van der Waals surface area contributed by atoms with Crippen molar-refractivity contribution in [3.8, 4) is 0 Å². The number of hydrogen-bond acceptors (Lipinski definition) is 3. The molecule has 0 fully saturated rings. The van der Waals surface area contributed by atoms with Crippen LogP contribution in [0.4, 0.5) is 0 Å². The van der Waals surface area contributed by atoms with E-state index in [1.165, 1.54) is 250 Å². The second kappa shape index (κ2) is 63.5. The standard InChI is InChI=1S/3C18H36O2.Mg.2H/c3*1-2-3-4-5-6-7-8-9-10-11-12-13-14-15-16-17-18(19)20;;;/h3*2-17H2,1H3,(H,19,20);;;/q;;;+2;2*-1. The molecule has 0 atom stereocenters. The van der Waals surface area contributed by atoms with Gasteiger partial charge in [0.15, 0.2) is 0 Å². The molecule has 61 heavy (non-hydrogen) atoms. The van der Waals surface area contributed by atoms with Crippen molar-refractivity contribution in [2.75, 3.05) is 0 Å². The molecule has 0 spiro atoms. The number of hydrogen-bond donors (Lipinski definition) is 3. The Labute approximate surface area is 400 Å². The summed E-state index contributed by atoms with van der Waals surface area (Å²) in [6.07, 6.45) is 60.6. The summed E-state index contributed by atoms with van der Waals surface area (Å²) in [5, 5.41) is 25.6. The summed E-state index contributed by atoms with van der Waals surface area (Å²) in [5.41, 5.74) is 0. The van der Waals surface area contributed by atoms with E-state index in [1.807, 2.05) is 0 Å². The van der Waals surface area contributed by atoms with Crippen LogP contribution in [0.5, 0.6) is 0 Å². The number of carbonyl (C=O) groups is 3. The van der Waals surface area contributed by atoms with Gasteiger partial charge in [-0.1, -0.05) is 290 Å². The molecule has 0 aromatic carbocycles. The fourth-order valence-electron chi connectivity index (χ4n) is 7.94. The van der Waals surface area contributed by atoms with Crippen molar-refractivity contribution in [1.29, 1.82) is 0 Å². The summed E-state index contributed by atoms with van der Waals surface area (Å²) >= 11 is 0. The zero-order chi connectivity index (χ0) is 44.7. The summed E-state index contributed by atoms with van der Waals surface area (Å²) in [5.74, 6) is -1.96. The Morgan fingerprint density at radius 2 is 0.328 bits per heavy atom. The largest absolute Gasteiger partial charge is 2.00 e. The van der Waals surface area contributed by atoms with E-state index in [2.05, 4.69) is 20.8 Å². The molecule has 0 bridgehead atoms. The van der Waals surface area contributed by atoms with Gasteiger partial charge < -0.3 is 18.2 Å². The number of rotatable bonds is 48. The Kier molecular flexibility index (Phi) is 69.5. The van der Waals surface area contributed by atoms with Gasteiger partial charge in [-0.2, -0.15) is 0 Å². The Bertz CT molecular complexity index is 730. The van der Waals surface area contributed by atoms with Crippen molar-refractivity contribution < 1.29 is 32.6 Å². The zero-order valence-electron chi connectivity index (χ0n) is 43.7. The minimum Gasteiger partial charge on any atom is -1.00 e. The molecule has 0 aromatic rings. The smallest absolute Gasteiger partial charge is 1.00 e. The van der Waals surface area contributed by atoms with Crippen LogP contribution in [0.2, 0.25) is 0 Å². The van der Waals surface area contributed by atoms with Gasteiger partial charge in [-0.05, 0) is 19.3 Å². The first kappa shape index (κ1) is 66.8. The van der Waals surface area contributed by atoms with E-state index in [0.29, 0.717) is 19.3 Å². The first-order valence-corrected chi connectivity index (χ1v) is 27.0. The van der Waals surface area contributed by atoms with Crippen LogP contribution in [0.15, 0.2) is 0 Å². The van der Waals surface area contributed by atoms with Gasteiger partial charge in [0.2, 0.25) is 0 Å². The third kappa shape index (κ3) is 76.8. The Morgan fingerprint density at radius 3 is 0.426 bits per heavy atom. The van der Waals surface area contributed by atoms with E-state index < -0.39 is 17.9 Å². The van der Waals surface area contributed by atoms with E-state index >= 15 is 0 Å². The molecule has 7 heteroatoms. The van der Waals surface area contributed by atoms with Crippen LogP contribution in [0.1, 0.15) is 332 Å². The van der Waals surface area contributed by atoms with Crippen LogP contribution in [-0.2, 0) is 14.4 Å². The van der Waals surface area contributed by atoms with E-state index in [-0.39, 0.29) is 25.9 Å². The third-order valence-corrected chi connectivity index (χ3v) is 12.0. The third-order valence-electron chi connectivity index (χ3n) is 12.0. The molecule has 3 N–H and O–H groups in total. The molecule has 0 rings (SSSR count). The van der Waals surface area contributed by atoms with Gasteiger partial charge in [0, 0.05) is 19.3 Å². The van der Waals surface area contributed by atoms with Gasteiger partial charge in [-0.3, -0.25) is 14.4 Å². The summed E-state index contributed by atoms with van der Waals surface area (Å²) in [6.45, 7) is 6.81. The maximum Gasteiger partial charge on any atom is 2.00 e. The Morgan fingerprint density at radius 1 is 0.230 bits per heavy atom. The minimum absolute atomic E-state index is 0. The maximum absolute atomic E-state index is 10.3. The van der Waals surface area contributed by atoms with Crippen LogP contribution in [-0.4, -0.2) is 56.3 Å². The summed E-state index contributed by atoms with van der Waals surface area (Å²) in [6, 6.07) is 0.